The van der Waals surface area contributed by atoms with Crippen LogP contribution in [0.4, 0.5) is 0 Å². The molecular weight excluding hydrogens is 148 g/mol. The Kier molecular flexibility index (Phi) is 8.20. The van der Waals surface area contributed by atoms with E-state index in [4.69, 9.17) is 12.3 Å². The molecule has 0 aliphatic heterocycles. The lowest BCUT2D eigenvalue weighted by atomic mass is 10.1. The first kappa shape index (κ1) is 11.5. The van der Waals surface area contributed by atoms with E-state index in [-0.39, 0.29) is 6.04 Å². The Morgan fingerprint density at radius 3 is 2.50 bits per heavy atom. The van der Waals surface area contributed by atoms with Crippen molar-refractivity contribution < 1.29 is 0 Å². The monoisotopic (exact) mass is 168 g/mol. The van der Waals surface area contributed by atoms with Gasteiger partial charge in [0.1, 0.15) is 0 Å². The fourth-order valence-electron chi connectivity index (χ4n) is 1.17. The minimum atomic E-state index is 0.0617. The Bertz CT molecular complexity index is 126. The summed E-state index contributed by atoms with van der Waals surface area (Å²) < 4.78 is 0. The van der Waals surface area contributed by atoms with Gasteiger partial charge < -0.3 is 0 Å². The third-order valence-electron chi connectivity index (χ3n) is 2.00. The Hall–Kier alpha value is -0.520. The molecule has 0 saturated carbocycles. The molecule has 0 amide bonds. The lowest BCUT2D eigenvalue weighted by molar-refractivity contribution is 0.533. The van der Waals surface area contributed by atoms with Gasteiger partial charge in [0.15, 0.2) is 0 Å². The van der Waals surface area contributed by atoms with Gasteiger partial charge in [0.05, 0.1) is 6.04 Å². The summed E-state index contributed by atoms with van der Waals surface area (Å²) in [5, 5.41) is 0. The number of unbranched alkanes of at least 4 members (excludes halogenated alkanes) is 4. The molecule has 70 valence electrons. The first-order valence-corrected chi connectivity index (χ1v) is 4.77. The van der Waals surface area contributed by atoms with Crippen LogP contribution in [0.25, 0.3) is 0 Å². The van der Waals surface area contributed by atoms with Crippen LogP contribution in [0.2, 0.25) is 0 Å². The molecule has 0 rings (SSSR count). The molecule has 0 spiro atoms. The first-order chi connectivity index (χ1) is 5.85. The molecule has 1 unspecified atom stereocenters. The zero-order chi connectivity index (χ0) is 9.23. The lowest BCUT2D eigenvalue weighted by Crippen LogP contribution is -2.33. The van der Waals surface area contributed by atoms with Gasteiger partial charge in [-0.25, -0.2) is 5.43 Å². The Morgan fingerprint density at radius 2 is 2.00 bits per heavy atom. The van der Waals surface area contributed by atoms with Gasteiger partial charge in [-0.05, 0) is 6.42 Å². The summed E-state index contributed by atoms with van der Waals surface area (Å²) in [5.41, 5.74) is 2.61. The Morgan fingerprint density at radius 1 is 1.33 bits per heavy atom. The number of hydrogen-bond acceptors (Lipinski definition) is 2. The third-order valence-corrected chi connectivity index (χ3v) is 2.00. The van der Waals surface area contributed by atoms with E-state index in [9.17, 15) is 0 Å². The number of nitrogens with one attached hydrogen (secondary N) is 1. The predicted octanol–water partition coefficient (Wildman–Crippen LogP) is 1.81. The highest BCUT2D eigenvalue weighted by molar-refractivity contribution is 4.97. The van der Waals surface area contributed by atoms with Crippen LogP contribution in [-0.2, 0) is 0 Å². The molecule has 2 nitrogen and oxygen atoms in total. The topological polar surface area (TPSA) is 38.0 Å². The minimum Gasteiger partial charge on any atom is -0.270 e. The molecule has 0 fully saturated rings. The maximum absolute atomic E-state index is 5.23. The molecule has 0 heterocycles. The van der Waals surface area contributed by atoms with E-state index in [0.717, 1.165) is 6.42 Å². The van der Waals surface area contributed by atoms with Crippen LogP contribution < -0.4 is 11.3 Å². The second-order valence-electron chi connectivity index (χ2n) is 3.09. The van der Waals surface area contributed by atoms with Gasteiger partial charge in [0, 0.05) is 0 Å². The first-order valence-electron chi connectivity index (χ1n) is 4.77. The maximum Gasteiger partial charge on any atom is 0.0814 e. The SMILES string of the molecule is C#CC(CCCCCCC)NN. The highest BCUT2D eigenvalue weighted by Gasteiger charge is 1.99. The van der Waals surface area contributed by atoms with E-state index >= 15 is 0 Å². The molecule has 0 aromatic carbocycles. The molecule has 1 atom stereocenters. The predicted molar refractivity (Wildman–Crippen MR) is 53.3 cm³/mol. The Labute approximate surface area is 75.9 Å². The summed E-state index contributed by atoms with van der Waals surface area (Å²) in [6, 6.07) is 0.0617. The summed E-state index contributed by atoms with van der Waals surface area (Å²) in [7, 11) is 0. The van der Waals surface area contributed by atoms with Crippen LogP contribution in [0.3, 0.4) is 0 Å². The quantitative estimate of drug-likeness (QED) is 0.263. The molecule has 0 saturated heterocycles. The van der Waals surface area contributed by atoms with Crippen molar-refractivity contribution in [2.24, 2.45) is 5.84 Å². The van der Waals surface area contributed by atoms with E-state index < -0.39 is 0 Å². The summed E-state index contributed by atoms with van der Waals surface area (Å²) >= 11 is 0. The zero-order valence-corrected chi connectivity index (χ0v) is 7.97. The fourth-order valence-corrected chi connectivity index (χ4v) is 1.17. The maximum atomic E-state index is 5.23. The van der Waals surface area contributed by atoms with Crippen molar-refractivity contribution >= 4 is 0 Å². The summed E-state index contributed by atoms with van der Waals surface area (Å²) in [6.07, 6.45) is 12.6. The molecule has 0 aliphatic carbocycles. The van der Waals surface area contributed by atoms with Crippen molar-refractivity contribution in [3.8, 4) is 12.3 Å². The smallest absolute Gasteiger partial charge is 0.0814 e. The highest BCUT2D eigenvalue weighted by atomic mass is 15.2. The van der Waals surface area contributed by atoms with Crippen LogP contribution in [0.15, 0.2) is 0 Å². The molecule has 0 bridgehead atoms. The van der Waals surface area contributed by atoms with Gasteiger partial charge in [0.25, 0.3) is 0 Å². The van der Waals surface area contributed by atoms with E-state index in [1.807, 2.05) is 0 Å². The molecule has 0 aliphatic rings. The number of terminal acetylenes is 1. The molecule has 3 N–H and O–H groups in total. The average Bonchev–Trinajstić information content (AvgIpc) is 2.11. The van der Waals surface area contributed by atoms with Crippen LogP contribution in [-0.4, -0.2) is 6.04 Å². The molecule has 2 heteroatoms. The molecular formula is C10H20N2. The average molecular weight is 168 g/mol. The van der Waals surface area contributed by atoms with Gasteiger partial charge in [-0.1, -0.05) is 44.9 Å². The van der Waals surface area contributed by atoms with Crippen molar-refractivity contribution in [3.05, 3.63) is 0 Å². The third kappa shape index (κ3) is 6.21. The van der Waals surface area contributed by atoms with E-state index in [1.165, 1.54) is 32.1 Å². The van der Waals surface area contributed by atoms with Crippen molar-refractivity contribution in [2.45, 2.75) is 51.5 Å². The number of hydrazine groups is 1. The van der Waals surface area contributed by atoms with E-state index in [2.05, 4.69) is 18.3 Å². The van der Waals surface area contributed by atoms with E-state index in [1.54, 1.807) is 0 Å². The van der Waals surface area contributed by atoms with Crippen LogP contribution in [0.5, 0.6) is 0 Å². The molecule has 0 aromatic rings. The lowest BCUT2D eigenvalue weighted by Gasteiger charge is -2.07. The fraction of sp³-hybridized carbons (Fsp3) is 0.800. The zero-order valence-electron chi connectivity index (χ0n) is 7.97. The Balaban J connectivity index is 3.13. The highest BCUT2D eigenvalue weighted by Crippen LogP contribution is 2.06. The summed E-state index contributed by atoms with van der Waals surface area (Å²) in [5.74, 6) is 7.84. The minimum absolute atomic E-state index is 0.0617. The van der Waals surface area contributed by atoms with Crippen LogP contribution in [0.1, 0.15) is 45.4 Å². The second-order valence-corrected chi connectivity index (χ2v) is 3.09. The van der Waals surface area contributed by atoms with Crippen LogP contribution >= 0.6 is 0 Å². The van der Waals surface area contributed by atoms with Crippen LogP contribution in [0, 0.1) is 12.3 Å². The van der Waals surface area contributed by atoms with Gasteiger partial charge in [-0.15, -0.1) is 6.42 Å². The normalized spacial score (nSPS) is 12.4. The van der Waals surface area contributed by atoms with Crippen molar-refractivity contribution in [1.29, 1.82) is 0 Å². The largest absolute Gasteiger partial charge is 0.270 e. The summed E-state index contributed by atoms with van der Waals surface area (Å²) in [4.78, 5) is 0. The van der Waals surface area contributed by atoms with Gasteiger partial charge in [0.2, 0.25) is 0 Å². The van der Waals surface area contributed by atoms with Crippen molar-refractivity contribution in [2.75, 3.05) is 0 Å². The number of rotatable bonds is 7. The van der Waals surface area contributed by atoms with Gasteiger partial charge in [-0.3, -0.25) is 5.84 Å². The molecule has 0 radical (unpaired) electrons. The molecule has 12 heavy (non-hydrogen) atoms. The van der Waals surface area contributed by atoms with Gasteiger partial charge in [-0.2, -0.15) is 0 Å². The van der Waals surface area contributed by atoms with Gasteiger partial charge >= 0.3 is 0 Å². The number of nitrogens with two attached hydrogens (primary N) is 1. The van der Waals surface area contributed by atoms with Crippen molar-refractivity contribution in [3.63, 3.8) is 0 Å². The number of hydrogen-bond donors (Lipinski definition) is 2. The second kappa shape index (κ2) is 8.58. The van der Waals surface area contributed by atoms with Crippen molar-refractivity contribution in [1.82, 2.24) is 5.43 Å². The summed E-state index contributed by atoms with van der Waals surface area (Å²) in [6.45, 7) is 2.21. The molecule has 0 aromatic heterocycles. The van der Waals surface area contributed by atoms with E-state index in [0.29, 0.717) is 0 Å². The standard InChI is InChI=1S/C10H20N2/c1-3-5-6-7-8-9-10(4-2)12-11/h2,10,12H,3,5-9,11H2,1H3.